The highest BCUT2D eigenvalue weighted by atomic mass is 16.5. The van der Waals surface area contributed by atoms with Crippen molar-refractivity contribution in [2.75, 3.05) is 7.11 Å². The Balaban J connectivity index is 2.65. The Kier molecular flexibility index (Phi) is 5.36. The molecule has 1 aliphatic rings. The topological polar surface area (TPSA) is 55.7 Å². The normalized spacial score (nSPS) is 15.3. The zero-order valence-electron chi connectivity index (χ0n) is 16.6. The summed E-state index contributed by atoms with van der Waals surface area (Å²) in [4.78, 5) is 29.6. The minimum Gasteiger partial charge on any atom is -0.465 e. The maximum Gasteiger partial charge on any atom is 0.340 e. The van der Waals surface area contributed by atoms with Gasteiger partial charge in [0.15, 0.2) is 5.78 Å². The molecule has 2 rings (SSSR count). The van der Waals surface area contributed by atoms with Crippen molar-refractivity contribution in [1.29, 1.82) is 0 Å². The highest BCUT2D eigenvalue weighted by Crippen LogP contribution is 2.37. The van der Waals surface area contributed by atoms with Crippen LogP contribution in [-0.2, 0) is 9.53 Å². The number of para-hydroxylation sites is 1. The molecule has 0 saturated heterocycles. The molecule has 0 radical (unpaired) electrons. The van der Waals surface area contributed by atoms with Crippen molar-refractivity contribution >= 4 is 23.2 Å². The van der Waals surface area contributed by atoms with Crippen LogP contribution in [0.4, 0.5) is 5.69 Å². The number of esters is 1. The van der Waals surface area contributed by atoms with E-state index in [9.17, 15) is 9.59 Å². The van der Waals surface area contributed by atoms with E-state index in [1.165, 1.54) is 7.11 Å². The van der Waals surface area contributed by atoms with Gasteiger partial charge in [0.1, 0.15) is 0 Å². The lowest BCUT2D eigenvalue weighted by molar-refractivity contribution is -0.114. The number of benzene rings is 1. The van der Waals surface area contributed by atoms with Gasteiger partial charge in [0.05, 0.1) is 24.1 Å². The Hall–Kier alpha value is -2.49. The van der Waals surface area contributed by atoms with Crippen molar-refractivity contribution < 1.29 is 14.3 Å². The molecule has 0 unspecified atom stereocenters. The van der Waals surface area contributed by atoms with Gasteiger partial charge in [-0.25, -0.2) is 9.79 Å². The quantitative estimate of drug-likeness (QED) is 0.551. The molecule has 0 heterocycles. The van der Waals surface area contributed by atoms with E-state index < -0.39 is 5.97 Å². The number of carbonyl (C=O) groups excluding carboxylic acids is 2. The fourth-order valence-electron chi connectivity index (χ4n) is 2.79. The van der Waals surface area contributed by atoms with Crippen molar-refractivity contribution in [3.05, 3.63) is 53.1 Å². The maximum absolute atomic E-state index is 13.0. The fourth-order valence-corrected chi connectivity index (χ4v) is 2.79. The summed E-state index contributed by atoms with van der Waals surface area (Å²) in [6, 6.07) is 7.04. The van der Waals surface area contributed by atoms with Crippen LogP contribution < -0.4 is 0 Å². The predicted molar refractivity (Wildman–Crippen MR) is 105 cm³/mol. The van der Waals surface area contributed by atoms with Crippen LogP contribution in [0.5, 0.6) is 0 Å². The molecule has 138 valence electrons. The molecule has 1 aliphatic carbocycles. The fraction of sp³-hybridized carbons (Fsp3) is 0.409. The Morgan fingerprint density at radius 2 is 1.42 bits per heavy atom. The molecular formula is C22H27NO3. The van der Waals surface area contributed by atoms with E-state index >= 15 is 0 Å². The number of carbonyl (C=O) groups is 2. The van der Waals surface area contributed by atoms with E-state index in [1.807, 2.05) is 59.8 Å². The van der Waals surface area contributed by atoms with E-state index in [1.54, 1.807) is 18.2 Å². The second-order valence-electron chi connectivity index (χ2n) is 8.49. The van der Waals surface area contributed by atoms with Crippen LogP contribution >= 0.6 is 0 Å². The zero-order chi connectivity index (χ0) is 19.7. The third-order valence-electron chi connectivity index (χ3n) is 4.25. The molecule has 4 nitrogen and oxygen atoms in total. The largest absolute Gasteiger partial charge is 0.465 e. The van der Waals surface area contributed by atoms with Crippen LogP contribution in [0.2, 0.25) is 0 Å². The molecule has 0 atom stereocenters. The number of nitrogens with zero attached hydrogens (tertiary/aromatic N) is 1. The first-order valence-electron chi connectivity index (χ1n) is 8.70. The molecule has 0 bridgehead atoms. The first-order valence-corrected chi connectivity index (χ1v) is 8.70. The average Bonchev–Trinajstić information content (AvgIpc) is 2.54. The molecule has 0 fully saturated rings. The van der Waals surface area contributed by atoms with Gasteiger partial charge in [0.2, 0.25) is 0 Å². The van der Waals surface area contributed by atoms with E-state index in [0.29, 0.717) is 17.0 Å². The maximum atomic E-state index is 13.0. The minimum atomic E-state index is -0.433. The third-order valence-corrected chi connectivity index (χ3v) is 4.25. The van der Waals surface area contributed by atoms with Crippen LogP contribution in [0.15, 0.2) is 52.6 Å². The van der Waals surface area contributed by atoms with Crippen molar-refractivity contribution in [2.24, 2.45) is 15.8 Å². The second kappa shape index (κ2) is 7.02. The molecular weight excluding hydrogens is 326 g/mol. The molecule has 4 heteroatoms. The van der Waals surface area contributed by atoms with Crippen molar-refractivity contribution in [3.8, 4) is 0 Å². The van der Waals surface area contributed by atoms with Gasteiger partial charge >= 0.3 is 5.97 Å². The van der Waals surface area contributed by atoms with E-state index in [-0.39, 0.29) is 16.6 Å². The monoisotopic (exact) mass is 353 g/mol. The number of methoxy groups -OCH3 is 1. The molecule has 0 amide bonds. The summed E-state index contributed by atoms with van der Waals surface area (Å²) in [5, 5.41) is 0. The summed E-state index contributed by atoms with van der Waals surface area (Å²) in [7, 11) is 1.35. The van der Waals surface area contributed by atoms with Crippen molar-refractivity contribution in [3.63, 3.8) is 0 Å². The SMILES string of the molecule is COC(=O)c1ccccc1N=C1C=C(C(C)(C)C)C(=O)C(C(C)(C)C)=C1. The first kappa shape index (κ1) is 19.8. The number of rotatable bonds is 2. The van der Waals surface area contributed by atoms with Gasteiger partial charge in [0.25, 0.3) is 0 Å². The molecule has 0 aromatic heterocycles. The highest BCUT2D eigenvalue weighted by Gasteiger charge is 2.34. The number of allylic oxidation sites excluding steroid dienone is 4. The number of aliphatic imine (C=N–C) groups is 1. The molecule has 1 aromatic carbocycles. The van der Waals surface area contributed by atoms with Crippen LogP contribution in [0.25, 0.3) is 0 Å². The smallest absolute Gasteiger partial charge is 0.340 e. The third kappa shape index (κ3) is 4.18. The lowest BCUT2D eigenvalue weighted by Crippen LogP contribution is -2.29. The number of ether oxygens (including phenoxy) is 1. The number of hydrogen-bond donors (Lipinski definition) is 0. The molecule has 1 aromatic rings. The summed E-state index contributed by atoms with van der Waals surface area (Å²) in [6.07, 6.45) is 3.65. The van der Waals surface area contributed by atoms with E-state index in [4.69, 9.17) is 4.74 Å². The van der Waals surface area contributed by atoms with Crippen LogP contribution in [-0.4, -0.2) is 24.6 Å². The molecule has 0 saturated carbocycles. The van der Waals surface area contributed by atoms with Crippen molar-refractivity contribution in [2.45, 2.75) is 41.5 Å². The van der Waals surface area contributed by atoms with Crippen LogP contribution in [0, 0.1) is 10.8 Å². The zero-order valence-corrected chi connectivity index (χ0v) is 16.6. The van der Waals surface area contributed by atoms with Gasteiger partial charge in [-0.05, 0) is 35.1 Å². The summed E-state index contributed by atoms with van der Waals surface area (Å²) in [6.45, 7) is 12.1. The number of Topliss-reactive ketones (excluding diaryl/α,β-unsaturated/α-hetero) is 1. The Morgan fingerprint density at radius 3 is 1.88 bits per heavy atom. The predicted octanol–water partition coefficient (Wildman–Crippen LogP) is 5.07. The van der Waals surface area contributed by atoms with Gasteiger partial charge in [-0.15, -0.1) is 0 Å². The summed E-state index contributed by atoms with van der Waals surface area (Å²) < 4.78 is 4.84. The molecule has 0 aliphatic heterocycles. The van der Waals surface area contributed by atoms with Gasteiger partial charge < -0.3 is 4.74 Å². The summed E-state index contributed by atoms with van der Waals surface area (Å²) >= 11 is 0. The second-order valence-corrected chi connectivity index (χ2v) is 8.49. The van der Waals surface area contributed by atoms with Gasteiger partial charge in [-0.2, -0.15) is 0 Å². The minimum absolute atomic E-state index is 0.0604. The highest BCUT2D eigenvalue weighted by molar-refractivity contribution is 6.23. The van der Waals surface area contributed by atoms with Crippen LogP contribution in [0.1, 0.15) is 51.9 Å². The van der Waals surface area contributed by atoms with Gasteiger partial charge in [0, 0.05) is 11.1 Å². The van der Waals surface area contributed by atoms with Crippen molar-refractivity contribution in [1.82, 2.24) is 0 Å². The Bertz CT molecular complexity index is 792. The van der Waals surface area contributed by atoms with E-state index in [2.05, 4.69) is 4.99 Å². The summed E-state index contributed by atoms with van der Waals surface area (Å²) in [5.41, 5.74) is 2.43. The lowest BCUT2D eigenvalue weighted by atomic mass is 9.72. The number of hydrogen-bond acceptors (Lipinski definition) is 4. The Labute approximate surface area is 155 Å². The molecule has 26 heavy (non-hydrogen) atoms. The number of ketones is 1. The first-order chi connectivity index (χ1) is 11.9. The van der Waals surface area contributed by atoms with E-state index in [0.717, 1.165) is 11.1 Å². The summed E-state index contributed by atoms with van der Waals surface area (Å²) in [5.74, 6) is -0.373. The standard InChI is InChI=1S/C22H27NO3/c1-21(2,3)16-12-14(13-17(19(16)24)22(4,5)6)23-18-11-9-8-10-15(18)20(25)26-7/h8-13H,1-7H3. The molecule has 0 N–H and O–H groups in total. The van der Waals surface area contributed by atoms with Gasteiger partial charge in [-0.1, -0.05) is 53.7 Å². The van der Waals surface area contributed by atoms with Crippen LogP contribution in [0.3, 0.4) is 0 Å². The lowest BCUT2D eigenvalue weighted by Gasteiger charge is -2.31. The Morgan fingerprint density at radius 1 is 0.923 bits per heavy atom. The molecule has 0 spiro atoms. The average molecular weight is 353 g/mol. The van der Waals surface area contributed by atoms with Gasteiger partial charge in [-0.3, -0.25) is 4.79 Å².